The first-order valence-electron chi connectivity index (χ1n) is 6.96. The zero-order valence-electron chi connectivity index (χ0n) is 12.4. The van der Waals surface area contributed by atoms with Gasteiger partial charge in [-0.2, -0.15) is 0 Å². The molecule has 0 aliphatic carbocycles. The van der Waals surface area contributed by atoms with E-state index >= 15 is 0 Å². The van der Waals surface area contributed by atoms with Crippen LogP contribution in [0.4, 0.5) is 0 Å². The maximum absolute atomic E-state index is 12.0. The van der Waals surface area contributed by atoms with Gasteiger partial charge in [-0.25, -0.2) is 0 Å². The molecule has 3 nitrogen and oxygen atoms in total. The number of carboxylic acids is 1. The second-order valence-electron chi connectivity index (χ2n) is 6.28. The third kappa shape index (κ3) is 3.55. The van der Waals surface area contributed by atoms with E-state index < -0.39 is 11.4 Å². The molecule has 0 saturated heterocycles. The Bertz CT molecular complexity index is 409. The van der Waals surface area contributed by atoms with Crippen molar-refractivity contribution >= 4 is 5.97 Å². The lowest BCUT2D eigenvalue weighted by Crippen LogP contribution is -2.45. The number of aromatic nitrogens is 1. The number of rotatable bonds is 6. The van der Waals surface area contributed by atoms with Gasteiger partial charge in [0.1, 0.15) is 0 Å². The van der Waals surface area contributed by atoms with E-state index in [1.54, 1.807) is 12.4 Å². The quantitative estimate of drug-likeness (QED) is 0.846. The number of carboxylic acid groups (broad SMARTS) is 1. The van der Waals surface area contributed by atoms with Crippen molar-refractivity contribution in [3.05, 3.63) is 30.1 Å². The molecule has 1 aromatic rings. The van der Waals surface area contributed by atoms with E-state index in [1.807, 2.05) is 32.9 Å². The summed E-state index contributed by atoms with van der Waals surface area (Å²) in [6.07, 6.45) is 6.68. The zero-order valence-corrected chi connectivity index (χ0v) is 12.4. The Balaban J connectivity index is 3.12. The van der Waals surface area contributed by atoms with Gasteiger partial charge in [-0.05, 0) is 29.9 Å². The van der Waals surface area contributed by atoms with E-state index in [-0.39, 0.29) is 5.41 Å². The van der Waals surface area contributed by atoms with Gasteiger partial charge >= 0.3 is 5.97 Å². The van der Waals surface area contributed by atoms with E-state index in [4.69, 9.17) is 0 Å². The standard InChI is InChI=1S/C16H25NO2/c1-5-6-9-16(14(18)19,15(2,3)4)11-13-8-7-10-17-12-13/h7-8,10,12H,5-6,9,11H2,1-4H3,(H,18,19). The van der Waals surface area contributed by atoms with Crippen LogP contribution in [0.15, 0.2) is 24.5 Å². The minimum Gasteiger partial charge on any atom is -0.481 e. The van der Waals surface area contributed by atoms with Crippen LogP contribution >= 0.6 is 0 Å². The highest BCUT2D eigenvalue weighted by molar-refractivity contribution is 5.76. The number of hydrogen-bond donors (Lipinski definition) is 1. The van der Waals surface area contributed by atoms with Crippen molar-refractivity contribution in [3.63, 3.8) is 0 Å². The molecule has 19 heavy (non-hydrogen) atoms. The molecule has 1 unspecified atom stereocenters. The monoisotopic (exact) mass is 263 g/mol. The first kappa shape index (κ1) is 15.7. The summed E-state index contributed by atoms with van der Waals surface area (Å²) in [5, 5.41) is 9.83. The van der Waals surface area contributed by atoms with Gasteiger partial charge in [0.15, 0.2) is 0 Å². The average Bonchev–Trinajstić information content (AvgIpc) is 2.33. The molecular formula is C16H25NO2. The summed E-state index contributed by atoms with van der Waals surface area (Å²) in [5.41, 5.74) is -0.0217. The maximum atomic E-state index is 12.0. The molecule has 1 atom stereocenters. The molecule has 1 N–H and O–H groups in total. The summed E-state index contributed by atoms with van der Waals surface area (Å²) >= 11 is 0. The Morgan fingerprint density at radius 3 is 2.47 bits per heavy atom. The van der Waals surface area contributed by atoms with E-state index in [2.05, 4.69) is 11.9 Å². The summed E-state index contributed by atoms with van der Waals surface area (Å²) in [4.78, 5) is 16.1. The lowest BCUT2D eigenvalue weighted by molar-refractivity contribution is -0.157. The van der Waals surface area contributed by atoms with Crippen molar-refractivity contribution in [3.8, 4) is 0 Å². The topological polar surface area (TPSA) is 50.2 Å². The van der Waals surface area contributed by atoms with E-state index in [1.165, 1.54) is 0 Å². The first-order chi connectivity index (χ1) is 8.83. The van der Waals surface area contributed by atoms with Crippen LogP contribution in [0.25, 0.3) is 0 Å². The molecule has 0 spiro atoms. The molecule has 0 fully saturated rings. The highest BCUT2D eigenvalue weighted by atomic mass is 16.4. The highest BCUT2D eigenvalue weighted by Gasteiger charge is 2.47. The summed E-state index contributed by atoms with van der Waals surface area (Å²) in [7, 11) is 0. The van der Waals surface area contributed by atoms with Crippen LogP contribution in [0, 0.1) is 10.8 Å². The third-order valence-electron chi connectivity index (χ3n) is 4.03. The fraction of sp³-hybridized carbons (Fsp3) is 0.625. The van der Waals surface area contributed by atoms with Gasteiger partial charge in [0, 0.05) is 12.4 Å². The fourth-order valence-electron chi connectivity index (χ4n) is 2.56. The lowest BCUT2D eigenvalue weighted by Gasteiger charge is -2.41. The minimum atomic E-state index is -0.730. The van der Waals surface area contributed by atoms with Crippen molar-refractivity contribution in [1.82, 2.24) is 4.98 Å². The molecule has 0 aliphatic rings. The average molecular weight is 263 g/mol. The van der Waals surface area contributed by atoms with Crippen molar-refractivity contribution in [2.75, 3.05) is 0 Å². The Morgan fingerprint density at radius 1 is 1.37 bits per heavy atom. The second-order valence-corrected chi connectivity index (χ2v) is 6.28. The van der Waals surface area contributed by atoms with Crippen molar-refractivity contribution in [2.24, 2.45) is 10.8 Å². The van der Waals surface area contributed by atoms with Crippen LogP contribution in [0.5, 0.6) is 0 Å². The number of nitrogens with zero attached hydrogens (tertiary/aromatic N) is 1. The van der Waals surface area contributed by atoms with E-state index in [0.717, 1.165) is 18.4 Å². The Hall–Kier alpha value is -1.38. The molecule has 1 aromatic heterocycles. The minimum absolute atomic E-state index is 0.288. The van der Waals surface area contributed by atoms with Crippen LogP contribution in [-0.2, 0) is 11.2 Å². The second kappa shape index (κ2) is 6.18. The number of hydrogen-bond acceptors (Lipinski definition) is 2. The highest BCUT2D eigenvalue weighted by Crippen LogP contribution is 2.45. The smallest absolute Gasteiger partial charge is 0.310 e. The molecule has 1 heterocycles. The summed E-state index contributed by atoms with van der Waals surface area (Å²) < 4.78 is 0. The molecule has 0 radical (unpaired) electrons. The van der Waals surface area contributed by atoms with Crippen molar-refractivity contribution in [2.45, 2.75) is 53.4 Å². The maximum Gasteiger partial charge on any atom is 0.310 e. The number of unbranched alkanes of at least 4 members (excludes halogenated alkanes) is 1. The van der Waals surface area contributed by atoms with Crippen molar-refractivity contribution < 1.29 is 9.90 Å². The van der Waals surface area contributed by atoms with Gasteiger partial charge in [0.25, 0.3) is 0 Å². The van der Waals surface area contributed by atoms with E-state index in [0.29, 0.717) is 12.8 Å². The zero-order chi connectivity index (χ0) is 14.5. The van der Waals surface area contributed by atoms with Crippen LogP contribution in [0.2, 0.25) is 0 Å². The van der Waals surface area contributed by atoms with Crippen LogP contribution in [0.3, 0.4) is 0 Å². The van der Waals surface area contributed by atoms with Gasteiger partial charge in [0.05, 0.1) is 5.41 Å². The molecule has 3 heteroatoms. The summed E-state index contributed by atoms with van der Waals surface area (Å²) in [6.45, 7) is 8.16. The van der Waals surface area contributed by atoms with Gasteiger partial charge in [-0.1, -0.05) is 46.6 Å². The van der Waals surface area contributed by atoms with Gasteiger partial charge < -0.3 is 5.11 Å². The Kier molecular flexibility index (Phi) is 5.10. The van der Waals surface area contributed by atoms with Crippen LogP contribution < -0.4 is 0 Å². The molecule has 0 aliphatic heterocycles. The lowest BCUT2D eigenvalue weighted by atomic mass is 9.61. The van der Waals surface area contributed by atoms with Crippen LogP contribution in [-0.4, -0.2) is 16.1 Å². The van der Waals surface area contributed by atoms with Crippen LogP contribution in [0.1, 0.15) is 52.5 Å². The molecule has 0 saturated carbocycles. The van der Waals surface area contributed by atoms with Gasteiger partial charge in [-0.3, -0.25) is 9.78 Å². The van der Waals surface area contributed by atoms with E-state index in [9.17, 15) is 9.90 Å². The molecule has 1 rings (SSSR count). The fourth-order valence-corrected chi connectivity index (χ4v) is 2.56. The summed E-state index contributed by atoms with van der Waals surface area (Å²) in [5.74, 6) is -0.697. The predicted molar refractivity (Wildman–Crippen MR) is 77.0 cm³/mol. The molecular weight excluding hydrogens is 238 g/mol. The first-order valence-corrected chi connectivity index (χ1v) is 6.96. The summed E-state index contributed by atoms with van der Waals surface area (Å²) in [6, 6.07) is 3.83. The number of pyridine rings is 1. The van der Waals surface area contributed by atoms with Gasteiger partial charge in [-0.15, -0.1) is 0 Å². The normalized spacial score (nSPS) is 14.9. The molecule has 0 aromatic carbocycles. The van der Waals surface area contributed by atoms with Gasteiger partial charge in [0.2, 0.25) is 0 Å². The predicted octanol–water partition coefficient (Wildman–Crippen LogP) is 3.93. The Labute approximate surface area is 116 Å². The Morgan fingerprint density at radius 2 is 2.05 bits per heavy atom. The number of aliphatic carboxylic acids is 1. The molecule has 0 bridgehead atoms. The third-order valence-corrected chi connectivity index (χ3v) is 4.03. The largest absolute Gasteiger partial charge is 0.481 e. The molecule has 0 amide bonds. The number of carbonyl (C=O) groups is 1. The SMILES string of the molecule is CCCCC(Cc1cccnc1)(C(=O)O)C(C)(C)C. The molecule has 106 valence electrons. The van der Waals surface area contributed by atoms with Crippen molar-refractivity contribution in [1.29, 1.82) is 0 Å².